The van der Waals surface area contributed by atoms with E-state index in [-0.39, 0.29) is 5.91 Å². The number of carbonyl (C=O) groups excluding carboxylic acids is 2. The number of hydrogen-bond donors (Lipinski definition) is 1. The minimum absolute atomic E-state index is 0.253. The van der Waals surface area contributed by atoms with Gasteiger partial charge in [-0.05, 0) is 44.4 Å². The number of rotatable bonds is 5. The van der Waals surface area contributed by atoms with Gasteiger partial charge in [0.25, 0.3) is 5.91 Å². The molecule has 1 aromatic carbocycles. The molecule has 0 spiro atoms. The second-order valence-electron chi connectivity index (χ2n) is 4.34. The third-order valence-corrected chi connectivity index (χ3v) is 4.63. The Kier molecular flexibility index (Phi) is 5.57. The van der Waals surface area contributed by atoms with Crippen molar-refractivity contribution in [1.82, 2.24) is 4.98 Å². The molecule has 0 aliphatic carbocycles. The lowest BCUT2D eigenvalue weighted by Crippen LogP contribution is -2.11. The summed E-state index contributed by atoms with van der Waals surface area (Å²) in [6.07, 6.45) is 1.98. The number of nitrogens with zero attached hydrogens (tertiary/aromatic N) is 1. The average Bonchev–Trinajstić information content (AvgIpc) is 2.88. The lowest BCUT2D eigenvalue weighted by molar-refractivity contribution is 0.0531. The van der Waals surface area contributed by atoms with Crippen molar-refractivity contribution in [3.05, 3.63) is 40.4 Å². The first-order chi connectivity index (χ1) is 10.5. The number of anilines is 1. The average molecular weight is 336 g/mol. The van der Waals surface area contributed by atoms with Crippen molar-refractivity contribution >= 4 is 40.1 Å². The molecule has 0 aliphatic rings. The highest BCUT2D eigenvalue weighted by Gasteiger charge is 2.17. The summed E-state index contributed by atoms with van der Waals surface area (Å²) in [5.74, 6) is -0.667. The number of amides is 1. The van der Waals surface area contributed by atoms with Crippen LogP contribution in [0.5, 0.6) is 0 Å². The Morgan fingerprint density at radius 2 is 2.00 bits per heavy atom. The molecule has 2 rings (SSSR count). The van der Waals surface area contributed by atoms with Crippen molar-refractivity contribution in [3.8, 4) is 0 Å². The summed E-state index contributed by atoms with van der Waals surface area (Å²) in [6.45, 7) is 3.76. The van der Waals surface area contributed by atoms with Gasteiger partial charge in [0.15, 0.2) is 5.13 Å². The summed E-state index contributed by atoms with van der Waals surface area (Å²) in [5.41, 5.74) is 1.10. The zero-order chi connectivity index (χ0) is 16.1. The number of aromatic nitrogens is 1. The summed E-state index contributed by atoms with van der Waals surface area (Å²) < 4.78 is 4.95. The number of hydrogen-bond acceptors (Lipinski definition) is 6. The molecule has 2 aromatic rings. The van der Waals surface area contributed by atoms with Gasteiger partial charge in [0.2, 0.25) is 0 Å². The Morgan fingerprint density at radius 1 is 1.32 bits per heavy atom. The van der Waals surface area contributed by atoms with Crippen LogP contribution in [0.2, 0.25) is 0 Å². The van der Waals surface area contributed by atoms with Crippen LogP contribution in [0.1, 0.15) is 32.6 Å². The number of esters is 1. The molecule has 1 amide bonds. The van der Waals surface area contributed by atoms with Gasteiger partial charge in [0.05, 0.1) is 12.3 Å². The number of ether oxygens (including phenoxy) is 1. The maximum absolute atomic E-state index is 12.2. The number of carbonyl (C=O) groups is 2. The molecule has 1 N–H and O–H groups in total. The van der Waals surface area contributed by atoms with Gasteiger partial charge in [0.1, 0.15) is 4.88 Å². The second kappa shape index (κ2) is 7.42. The van der Waals surface area contributed by atoms with E-state index in [0.717, 1.165) is 16.2 Å². The normalized spacial score (nSPS) is 10.3. The van der Waals surface area contributed by atoms with Crippen molar-refractivity contribution in [1.29, 1.82) is 0 Å². The van der Waals surface area contributed by atoms with Gasteiger partial charge in [-0.1, -0.05) is 11.3 Å². The molecule has 0 saturated carbocycles. The van der Waals surface area contributed by atoms with Gasteiger partial charge in [-0.2, -0.15) is 0 Å². The summed E-state index contributed by atoms with van der Waals surface area (Å²) >= 11 is 2.73. The summed E-state index contributed by atoms with van der Waals surface area (Å²) in [7, 11) is 0. The topological polar surface area (TPSA) is 68.3 Å². The van der Waals surface area contributed by atoms with Crippen LogP contribution in [0.15, 0.2) is 29.2 Å². The molecule has 5 nitrogen and oxygen atoms in total. The molecule has 116 valence electrons. The van der Waals surface area contributed by atoms with Gasteiger partial charge >= 0.3 is 5.97 Å². The van der Waals surface area contributed by atoms with E-state index in [0.29, 0.717) is 27.9 Å². The predicted molar refractivity (Wildman–Crippen MR) is 89.0 cm³/mol. The molecule has 0 radical (unpaired) electrons. The molecular weight excluding hydrogens is 320 g/mol. The molecule has 0 atom stereocenters. The van der Waals surface area contributed by atoms with Crippen LogP contribution >= 0.6 is 23.1 Å². The van der Waals surface area contributed by atoms with Crippen molar-refractivity contribution in [3.63, 3.8) is 0 Å². The number of nitrogens with one attached hydrogen (secondary N) is 1. The van der Waals surface area contributed by atoms with E-state index < -0.39 is 5.97 Å². The van der Waals surface area contributed by atoms with Crippen LogP contribution in [0.4, 0.5) is 5.13 Å². The van der Waals surface area contributed by atoms with Crippen molar-refractivity contribution < 1.29 is 14.3 Å². The monoisotopic (exact) mass is 336 g/mol. The Labute approximate surface area is 137 Å². The van der Waals surface area contributed by atoms with Crippen LogP contribution in [0.3, 0.4) is 0 Å². The van der Waals surface area contributed by atoms with E-state index in [1.54, 1.807) is 37.7 Å². The van der Waals surface area contributed by atoms with Gasteiger partial charge in [-0.3, -0.25) is 10.1 Å². The molecule has 1 heterocycles. The SMILES string of the molecule is CCOC(=O)c1sc(NC(=O)c2ccc(SC)cc2)nc1C. The molecule has 0 aliphatic heterocycles. The third kappa shape index (κ3) is 3.86. The molecule has 0 unspecified atom stereocenters. The first-order valence-electron chi connectivity index (χ1n) is 6.65. The van der Waals surface area contributed by atoms with E-state index in [1.807, 2.05) is 18.4 Å². The highest BCUT2D eigenvalue weighted by atomic mass is 32.2. The molecule has 0 fully saturated rings. The van der Waals surface area contributed by atoms with Crippen LogP contribution in [-0.2, 0) is 4.74 Å². The van der Waals surface area contributed by atoms with Gasteiger partial charge in [-0.15, -0.1) is 11.8 Å². The zero-order valence-electron chi connectivity index (χ0n) is 12.5. The lowest BCUT2D eigenvalue weighted by atomic mass is 10.2. The minimum atomic E-state index is -0.415. The molecule has 0 saturated heterocycles. The van der Waals surface area contributed by atoms with E-state index in [9.17, 15) is 9.59 Å². The molecule has 7 heteroatoms. The van der Waals surface area contributed by atoms with E-state index in [1.165, 1.54) is 0 Å². The minimum Gasteiger partial charge on any atom is -0.462 e. The lowest BCUT2D eigenvalue weighted by Gasteiger charge is -2.02. The third-order valence-electron chi connectivity index (χ3n) is 2.83. The van der Waals surface area contributed by atoms with Crippen LogP contribution in [-0.4, -0.2) is 29.7 Å². The number of thiazole rings is 1. The van der Waals surface area contributed by atoms with Crippen molar-refractivity contribution in [2.24, 2.45) is 0 Å². The Morgan fingerprint density at radius 3 is 2.59 bits per heavy atom. The quantitative estimate of drug-likeness (QED) is 0.667. The molecular formula is C15H16N2O3S2. The largest absolute Gasteiger partial charge is 0.462 e. The summed E-state index contributed by atoms with van der Waals surface area (Å²) in [6, 6.07) is 7.29. The second-order valence-corrected chi connectivity index (χ2v) is 6.22. The molecule has 1 aromatic heterocycles. The van der Waals surface area contributed by atoms with Gasteiger partial charge < -0.3 is 4.74 Å². The van der Waals surface area contributed by atoms with Crippen LogP contribution in [0.25, 0.3) is 0 Å². The van der Waals surface area contributed by atoms with Crippen LogP contribution < -0.4 is 5.32 Å². The number of aryl methyl sites for hydroxylation is 1. The number of benzene rings is 1. The molecule has 22 heavy (non-hydrogen) atoms. The Hall–Kier alpha value is -1.86. The Balaban J connectivity index is 2.11. The summed E-state index contributed by atoms with van der Waals surface area (Å²) in [5, 5.41) is 3.10. The van der Waals surface area contributed by atoms with Gasteiger partial charge in [-0.25, -0.2) is 9.78 Å². The standard InChI is InChI=1S/C15H16N2O3S2/c1-4-20-14(19)12-9(2)16-15(22-12)17-13(18)10-5-7-11(21-3)8-6-10/h5-8H,4H2,1-3H3,(H,16,17,18). The maximum Gasteiger partial charge on any atom is 0.350 e. The molecule has 0 bridgehead atoms. The number of thioether (sulfide) groups is 1. The fraction of sp³-hybridized carbons (Fsp3) is 0.267. The fourth-order valence-electron chi connectivity index (χ4n) is 1.75. The van der Waals surface area contributed by atoms with Crippen molar-refractivity contribution in [2.45, 2.75) is 18.7 Å². The highest BCUT2D eigenvalue weighted by Crippen LogP contribution is 2.24. The summed E-state index contributed by atoms with van der Waals surface area (Å²) in [4.78, 5) is 29.6. The highest BCUT2D eigenvalue weighted by molar-refractivity contribution is 7.98. The predicted octanol–water partition coefficient (Wildman–Crippen LogP) is 3.60. The van der Waals surface area contributed by atoms with Crippen molar-refractivity contribution in [2.75, 3.05) is 18.2 Å². The fourth-order valence-corrected chi connectivity index (χ4v) is 3.01. The smallest absolute Gasteiger partial charge is 0.350 e. The first-order valence-corrected chi connectivity index (χ1v) is 8.69. The van der Waals surface area contributed by atoms with Gasteiger partial charge in [0, 0.05) is 10.5 Å². The Bertz CT molecular complexity index is 681. The van der Waals surface area contributed by atoms with E-state index in [2.05, 4.69) is 10.3 Å². The van der Waals surface area contributed by atoms with E-state index in [4.69, 9.17) is 4.74 Å². The van der Waals surface area contributed by atoms with E-state index >= 15 is 0 Å². The maximum atomic E-state index is 12.2. The first kappa shape index (κ1) is 16.5. The zero-order valence-corrected chi connectivity index (χ0v) is 14.1. The van der Waals surface area contributed by atoms with Crippen LogP contribution in [0, 0.1) is 6.92 Å².